The molecular weight excluding hydrogens is 255 g/mol. The average Bonchev–Trinajstić information content (AvgIpc) is 2.92. The number of nitrogens with zero attached hydrogens (tertiary/aromatic N) is 1. The predicted molar refractivity (Wildman–Crippen MR) is 79.0 cm³/mol. The standard InChI is InChI=1S/C16H25FN2O/c17-16-8-2-1-6-14(16)12-18-9-3-4-10-19-11-5-7-15(19)13-20/h1-2,6,8,15,18,20H,3-5,7,9-13H2. The molecule has 1 aliphatic rings. The molecule has 112 valence electrons. The maximum absolute atomic E-state index is 13.4. The van der Waals surface area contributed by atoms with Crippen LogP contribution in [0.4, 0.5) is 4.39 Å². The first-order valence-electron chi connectivity index (χ1n) is 7.60. The molecule has 1 heterocycles. The van der Waals surface area contributed by atoms with Crippen molar-refractivity contribution in [3.63, 3.8) is 0 Å². The molecule has 1 unspecified atom stereocenters. The predicted octanol–water partition coefficient (Wildman–Crippen LogP) is 2.15. The molecule has 0 bridgehead atoms. The fourth-order valence-corrected chi connectivity index (χ4v) is 2.83. The van der Waals surface area contributed by atoms with Crippen LogP contribution in [-0.4, -0.2) is 42.3 Å². The number of unbranched alkanes of at least 4 members (excludes halogenated alkanes) is 1. The zero-order chi connectivity index (χ0) is 14.2. The van der Waals surface area contributed by atoms with Gasteiger partial charge in [0.05, 0.1) is 6.61 Å². The largest absolute Gasteiger partial charge is 0.395 e. The molecule has 3 nitrogen and oxygen atoms in total. The molecule has 4 heteroatoms. The van der Waals surface area contributed by atoms with Gasteiger partial charge in [-0.2, -0.15) is 0 Å². The second-order valence-electron chi connectivity index (χ2n) is 5.49. The summed E-state index contributed by atoms with van der Waals surface area (Å²) in [6, 6.07) is 7.27. The summed E-state index contributed by atoms with van der Waals surface area (Å²) < 4.78 is 13.4. The lowest BCUT2D eigenvalue weighted by Crippen LogP contribution is -2.33. The summed E-state index contributed by atoms with van der Waals surface area (Å²) in [5.74, 6) is -0.136. The quantitative estimate of drug-likeness (QED) is 0.716. The van der Waals surface area contributed by atoms with Gasteiger partial charge in [0, 0.05) is 18.2 Å². The number of benzene rings is 1. The zero-order valence-corrected chi connectivity index (χ0v) is 12.0. The Labute approximate surface area is 120 Å². The summed E-state index contributed by atoms with van der Waals surface area (Å²) in [4.78, 5) is 2.39. The van der Waals surface area contributed by atoms with Gasteiger partial charge in [0.1, 0.15) is 5.82 Å². The maximum Gasteiger partial charge on any atom is 0.127 e. The molecule has 0 aliphatic carbocycles. The van der Waals surface area contributed by atoms with Gasteiger partial charge >= 0.3 is 0 Å². The normalized spacial score (nSPS) is 19.6. The fraction of sp³-hybridized carbons (Fsp3) is 0.625. The van der Waals surface area contributed by atoms with Crippen LogP contribution < -0.4 is 5.32 Å². The first-order valence-corrected chi connectivity index (χ1v) is 7.60. The number of aliphatic hydroxyl groups excluding tert-OH is 1. The highest BCUT2D eigenvalue weighted by atomic mass is 19.1. The van der Waals surface area contributed by atoms with E-state index in [4.69, 9.17) is 0 Å². The van der Waals surface area contributed by atoms with E-state index in [-0.39, 0.29) is 12.4 Å². The third-order valence-electron chi connectivity index (χ3n) is 4.03. The van der Waals surface area contributed by atoms with E-state index in [0.717, 1.165) is 44.5 Å². The molecule has 1 saturated heterocycles. The number of hydrogen-bond donors (Lipinski definition) is 2. The number of likely N-dealkylation sites (tertiary alicyclic amines) is 1. The number of rotatable bonds is 8. The van der Waals surface area contributed by atoms with Crippen molar-refractivity contribution < 1.29 is 9.50 Å². The van der Waals surface area contributed by atoms with Crippen molar-refractivity contribution >= 4 is 0 Å². The van der Waals surface area contributed by atoms with Gasteiger partial charge in [-0.1, -0.05) is 18.2 Å². The van der Waals surface area contributed by atoms with Crippen molar-refractivity contribution in [2.45, 2.75) is 38.3 Å². The topological polar surface area (TPSA) is 35.5 Å². The van der Waals surface area contributed by atoms with E-state index in [0.29, 0.717) is 12.6 Å². The van der Waals surface area contributed by atoms with Crippen LogP contribution in [0.5, 0.6) is 0 Å². The number of aliphatic hydroxyl groups is 1. The van der Waals surface area contributed by atoms with Crippen LogP contribution in [0.1, 0.15) is 31.2 Å². The van der Waals surface area contributed by atoms with Gasteiger partial charge in [0.15, 0.2) is 0 Å². The van der Waals surface area contributed by atoms with E-state index in [1.807, 2.05) is 12.1 Å². The van der Waals surface area contributed by atoms with Crippen molar-refractivity contribution in [3.8, 4) is 0 Å². The summed E-state index contributed by atoms with van der Waals surface area (Å²) in [5.41, 5.74) is 0.729. The van der Waals surface area contributed by atoms with Crippen molar-refractivity contribution in [1.29, 1.82) is 0 Å². The first kappa shape index (κ1) is 15.4. The lowest BCUT2D eigenvalue weighted by Gasteiger charge is -2.22. The summed E-state index contributed by atoms with van der Waals surface area (Å²) in [7, 11) is 0. The molecule has 0 saturated carbocycles. The molecule has 1 atom stereocenters. The Bertz CT molecular complexity index is 400. The molecule has 1 aromatic carbocycles. The summed E-state index contributed by atoms with van der Waals surface area (Å²) in [6.07, 6.45) is 4.54. The molecule has 1 fully saturated rings. The minimum Gasteiger partial charge on any atom is -0.395 e. The smallest absolute Gasteiger partial charge is 0.127 e. The SMILES string of the molecule is OCC1CCCN1CCCCNCc1ccccc1F. The van der Waals surface area contributed by atoms with E-state index < -0.39 is 0 Å². The van der Waals surface area contributed by atoms with Gasteiger partial charge in [0.2, 0.25) is 0 Å². The van der Waals surface area contributed by atoms with Crippen LogP contribution in [0.2, 0.25) is 0 Å². The summed E-state index contributed by atoms with van der Waals surface area (Å²) in [5, 5.41) is 12.5. The second-order valence-corrected chi connectivity index (χ2v) is 5.49. The fourth-order valence-electron chi connectivity index (χ4n) is 2.83. The Morgan fingerprint density at radius 3 is 2.95 bits per heavy atom. The van der Waals surface area contributed by atoms with Crippen LogP contribution in [0, 0.1) is 5.82 Å². The molecule has 0 aromatic heterocycles. The maximum atomic E-state index is 13.4. The van der Waals surface area contributed by atoms with E-state index in [1.54, 1.807) is 6.07 Å². The molecule has 20 heavy (non-hydrogen) atoms. The Morgan fingerprint density at radius 2 is 2.15 bits per heavy atom. The molecule has 1 aromatic rings. The molecule has 0 spiro atoms. The summed E-state index contributed by atoms with van der Waals surface area (Å²) >= 11 is 0. The van der Waals surface area contributed by atoms with Gasteiger partial charge in [-0.3, -0.25) is 4.90 Å². The minimum absolute atomic E-state index is 0.136. The lowest BCUT2D eigenvalue weighted by atomic mass is 10.2. The van der Waals surface area contributed by atoms with Gasteiger partial charge in [0.25, 0.3) is 0 Å². The Balaban J connectivity index is 1.55. The van der Waals surface area contributed by atoms with E-state index in [2.05, 4.69) is 10.2 Å². The number of nitrogens with one attached hydrogen (secondary N) is 1. The highest BCUT2D eigenvalue weighted by Gasteiger charge is 2.22. The Kier molecular flexibility index (Phi) is 6.43. The van der Waals surface area contributed by atoms with E-state index in [1.165, 1.54) is 12.5 Å². The Morgan fingerprint density at radius 1 is 1.30 bits per heavy atom. The van der Waals surface area contributed by atoms with Gasteiger partial charge in [-0.15, -0.1) is 0 Å². The number of halogens is 1. The van der Waals surface area contributed by atoms with E-state index >= 15 is 0 Å². The molecule has 2 N–H and O–H groups in total. The second kappa shape index (κ2) is 8.35. The minimum atomic E-state index is -0.136. The number of hydrogen-bond acceptors (Lipinski definition) is 3. The monoisotopic (exact) mass is 280 g/mol. The first-order chi connectivity index (χ1) is 9.81. The van der Waals surface area contributed by atoms with Crippen molar-refractivity contribution in [2.24, 2.45) is 0 Å². The van der Waals surface area contributed by atoms with Gasteiger partial charge in [-0.05, 0) is 51.4 Å². The van der Waals surface area contributed by atoms with Gasteiger partial charge < -0.3 is 10.4 Å². The molecule has 0 amide bonds. The van der Waals surface area contributed by atoms with Crippen LogP contribution in [0.25, 0.3) is 0 Å². The van der Waals surface area contributed by atoms with Crippen LogP contribution in [0.3, 0.4) is 0 Å². The van der Waals surface area contributed by atoms with Crippen molar-refractivity contribution in [3.05, 3.63) is 35.6 Å². The third-order valence-corrected chi connectivity index (χ3v) is 4.03. The third kappa shape index (κ3) is 4.54. The summed E-state index contributed by atoms with van der Waals surface area (Å²) in [6.45, 7) is 3.97. The highest BCUT2D eigenvalue weighted by molar-refractivity contribution is 5.16. The van der Waals surface area contributed by atoms with E-state index in [9.17, 15) is 9.50 Å². The lowest BCUT2D eigenvalue weighted by molar-refractivity contribution is 0.157. The zero-order valence-electron chi connectivity index (χ0n) is 12.0. The average molecular weight is 280 g/mol. The van der Waals surface area contributed by atoms with Crippen LogP contribution in [0.15, 0.2) is 24.3 Å². The molecular formula is C16H25FN2O. The molecule has 1 aliphatic heterocycles. The van der Waals surface area contributed by atoms with Crippen LogP contribution in [-0.2, 0) is 6.54 Å². The molecule has 0 radical (unpaired) electrons. The van der Waals surface area contributed by atoms with Gasteiger partial charge in [-0.25, -0.2) is 4.39 Å². The van der Waals surface area contributed by atoms with Crippen molar-refractivity contribution in [2.75, 3.05) is 26.2 Å². The van der Waals surface area contributed by atoms with Crippen molar-refractivity contribution in [1.82, 2.24) is 10.2 Å². The molecule has 2 rings (SSSR count). The Hall–Kier alpha value is -0.970. The van der Waals surface area contributed by atoms with Crippen LogP contribution >= 0.6 is 0 Å². The highest BCUT2D eigenvalue weighted by Crippen LogP contribution is 2.16.